The van der Waals surface area contributed by atoms with Gasteiger partial charge in [-0.3, -0.25) is 4.79 Å². The molecule has 0 aromatic heterocycles. The molecule has 0 aromatic carbocycles. The average molecular weight is 232 g/mol. The van der Waals surface area contributed by atoms with Crippen LogP contribution in [0.25, 0.3) is 0 Å². The van der Waals surface area contributed by atoms with Crippen molar-refractivity contribution in [2.75, 3.05) is 11.6 Å². The van der Waals surface area contributed by atoms with Crippen LogP contribution >= 0.6 is 11.8 Å². The summed E-state index contributed by atoms with van der Waals surface area (Å²) in [4.78, 5) is 24.0. The molecule has 1 fully saturated rings. The fourth-order valence-electron chi connectivity index (χ4n) is 1.51. The van der Waals surface area contributed by atoms with Gasteiger partial charge in [0.05, 0.1) is 11.9 Å². The van der Waals surface area contributed by atoms with Gasteiger partial charge in [0.2, 0.25) is 5.91 Å². The van der Waals surface area contributed by atoms with Crippen LogP contribution in [0.2, 0.25) is 0 Å². The highest BCUT2D eigenvalue weighted by Crippen LogP contribution is 2.22. The summed E-state index contributed by atoms with van der Waals surface area (Å²) in [5.41, 5.74) is 5.68. The van der Waals surface area contributed by atoms with Gasteiger partial charge in [0, 0.05) is 5.75 Å². The molecular weight excluding hydrogens is 216 g/mol. The number of nitrogens with zero attached hydrogens (tertiary/aromatic N) is 1. The van der Waals surface area contributed by atoms with E-state index < -0.39 is 18.1 Å². The first kappa shape index (κ1) is 12.3. The van der Waals surface area contributed by atoms with Crippen molar-refractivity contribution in [2.45, 2.75) is 31.8 Å². The van der Waals surface area contributed by atoms with Crippen LogP contribution in [0.1, 0.15) is 19.8 Å². The van der Waals surface area contributed by atoms with E-state index in [4.69, 9.17) is 10.8 Å². The number of carbonyl (C=O) groups is 2. The third-order valence-electron chi connectivity index (χ3n) is 2.37. The van der Waals surface area contributed by atoms with E-state index >= 15 is 0 Å². The molecule has 86 valence electrons. The lowest BCUT2D eigenvalue weighted by Crippen LogP contribution is -2.49. The number of carboxylic acid groups (broad SMARTS) is 1. The lowest BCUT2D eigenvalue weighted by Gasteiger charge is -2.23. The standard InChI is InChI=1S/C9H16N2O3S/c1-2-3-6(10)8(12)11-5-15-4-7(11)9(13)14/h6-7H,2-5,10H2,1H3,(H,13,14)/t6-,7+/m1/s1. The van der Waals surface area contributed by atoms with Crippen molar-refractivity contribution in [2.24, 2.45) is 5.73 Å². The zero-order valence-electron chi connectivity index (χ0n) is 8.68. The van der Waals surface area contributed by atoms with Crippen LogP contribution in [-0.4, -0.2) is 45.6 Å². The SMILES string of the molecule is CCC[C@@H](N)C(=O)N1CSC[C@H]1C(=O)O. The Morgan fingerprint density at radius 2 is 2.33 bits per heavy atom. The molecule has 1 amide bonds. The Kier molecular flexibility index (Phi) is 4.41. The monoisotopic (exact) mass is 232 g/mol. The molecule has 0 saturated carbocycles. The third kappa shape index (κ3) is 2.85. The minimum absolute atomic E-state index is 0.241. The molecule has 6 heteroatoms. The number of nitrogens with two attached hydrogens (primary N) is 1. The van der Waals surface area contributed by atoms with Crippen molar-refractivity contribution in [1.82, 2.24) is 4.90 Å². The minimum Gasteiger partial charge on any atom is -0.480 e. The molecule has 1 rings (SSSR count). The topological polar surface area (TPSA) is 83.6 Å². The molecule has 1 heterocycles. The van der Waals surface area contributed by atoms with E-state index in [0.717, 1.165) is 6.42 Å². The molecule has 1 aliphatic heterocycles. The van der Waals surface area contributed by atoms with Crippen LogP contribution < -0.4 is 5.73 Å². The van der Waals surface area contributed by atoms with Gasteiger partial charge in [-0.15, -0.1) is 11.8 Å². The number of hydrogen-bond donors (Lipinski definition) is 2. The van der Waals surface area contributed by atoms with E-state index in [2.05, 4.69) is 0 Å². The largest absolute Gasteiger partial charge is 0.480 e. The van der Waals surface area contributed by atoms with Crippen molar-refractivity contribution < 1.29 is 14.7 Å². The Bertz CT molecular complexity index is 260. The van der Waals surface area contributed by atoms with Gasteiger partial charge in [-0.2, -0.15) is 0 Å². The van der Waals surface area contributed by atoms with E-state index in [0.29, 0.717) is 18.1 Å². The summed E-state index contributed by atoms with van der Waals surface area (Å²) >= 11 is 1.45. The predicted octanol–water partition coefficient (Wildman–Crippen LogP) is 0.0999. The van der Waals surface area contributed by atoms with Gasteiger partial charge in [-0.25, -0.2) is 4.79 Å². The Labute approximate surface area is 93.0 Å². The lowest BCUT2D eigenvalue weighted by atomic mass is 10.1. The van der Waals surface area contributed by atoms with Gasteiger partial charge >= 0.3 is 5.97 Å². The Morgan fingerprint density at radius 1 is 1.67 bits per heavy atom. The maximum atomic E-state index is 11.8. The van der Waals surface area contributed by atoms with Crippen molar-refractivity contribution in [3.63, 3.8) is 0 Å². The number of aliphatic carboxylic acids is 1. The van der Waals surface area contributed by atoms with E-state index in [9.17, 15) is 9.59 Å². The lowest BCUT2D eigenvalue weighted by molar-refractivity contribution is -0.148. The third-order valence-corrected chi connectivity index (χ3v) is 3.38. The van der Waals surface area contributed by atoms with Crippen LogP contribution in [0.4, 0.5) is 0 Å². The molecule has 15 heavy (non-hydrogen) atoms. The minimum atomic E-state index is -0.947. The second-order valence-corrected chi connectivity index (χ2v) is 4.56. The molecule has 2 atom stereocenters. The molecule has 1 aliphatic rings. The first-order chi connectivity index (χ1) is 7.07. The number of carboxylic acids is 1. The first-order valence-electron chi connectivity index (χ1n) is 4.94. The highest BCUT2D eigenvalue weighted by Gasteiger charge is 2.36. The zero-order chi connectivity index (χ0) is 11.4. The maximum absolute atomic E-state index is 11.8. The summed E-state index contributed by atoms with van der Waals surface area (Å²) in [6.07, 6.45) is 1.43. The quantitative estimate of drug-likeness (QED) is 0.718. The van der Waals surface area contributed by atoms with E-state index in [1.165, 1.54) is 16.7 Å². The van der Waals surface area contributed by atoms with Crippen molar-refractivity contribution in [3.8, 4) is 0 Å². The fraction of sp³-hybridized carbons (Fsp3) is 0.778. The molecule has 0 radical (unpaired) electrons. The Hall–Kier alpha value is -0.750. The number of rotatable bonds is 4. The number of thioether (sulfide) groups is 1. The van der Waals surface area contributed by atoms with Crippen LogP contribution in [0, 0.1) is 0 Å². The van der Waals surface area contributed by atoms with Crippen LogP contribution in [0.3, 0.4) is 0 Å². The van der Waals surface area contributed by atoms with E-state index in [-0.39, 0.29) is 5.91 Å². The van der Waals surface area contributed by atoms with Gasteiger partial charge in [0.1, 0.15) is 6.04 Å². The van der Waals surface area contributed by atoms with Crippen molar-refractivity contribution in [3.05, 3.63) is 0 Å². The normalized spacial score (nSPS) is 22.8. The summed E-state index contributed by atoms with van der Waals surface area (Å²) in [5.74, 6) is -0.293. The summed E-state index contributed by atoms with van der Waals surface area (Å²) in [6.45, 7) is 1.94. The highest BCUT2D eigenvalue weighted by atomic mass is 32.2. The summed E-state index contributed by atoms with van der Waals surface area (Å²) in [6, 6.07) is -1.26. The molecular formula is C9H16N2O3S. The van der Waals surface area contributed by atoms with Crippen molar-refractivity contribution in [1.29, 1.82) is 0 Å². The van der Waals surface area contributed by atoms with Gasteiger partial charge in [0.15, 0.2) is 0 Å². The molecule has 0 spiro atoms. The van der Waals surface area contributed by atoms with Crippen LogP contribution in [0.15, 0.2) is 0 Å². The molecule has 3 N–H and O–H groups in total. The smallest absolute Gasteiger partial charge is 0.327 e. The molecule has 1 saturated heterocycles. The highest BCUT2D eigenvalue weighted by molar-refractivity contribution is 7.99. The second kappa shape index (κ2) is 5.37. The van der Waals surface area contributed by atoms with Crippen LogP contribution in [-0.2, 0) is 9.59 Å². The Balaban J connectivity index is 2.62. The first-order valence-corrected chi connectivity index (χ1v) is 6.10. The van der Waals surface area contributed by atoms with Gasteiger partial charge in [0.25, 0.3) is 0 Å². The number of hydrogen-bond acceptors (Lipinski definition) is 4. The average Bonchev–Trinajstić information content (AvgIpc) is 2.65. The summed E-state index contributed by atoms with van der Waals surface area (Å²) < 4.78 is 0. The molecule has 5 nitrogen and oxygen atoms in total. The van der Waals surface area contributed by atoms with Crippen LogP contribution in [0.5, 0.6) is 0 Å². The number of amides is 1. The Morgan fingerprint density at radius 3 is 2.87 bits per heavy atom. The van der Waals surface area contributed by atoms with Crippen molar-refractivity contribution >= 4 is 23.6 Å². The fourth-order valence-corrected chi connectivity index (χ4v) is 2.67. The summed E-state index contributed by atoms with van der Waals surface area (Å²) in [7, 11) is 0. The number of carbonyl (C=O) groups excluding carboxylic acids is 1. The second-order valence-electron chi connectivity index (χ2n) is 3.56. The molecule has 0 aromatic rings. The maximum Gasteiger partial charge on any atom is 0.327 e. The molecule has 0 bridgehead atoms. The summed E-state index contributed by atoms with van der Waals surface area (Å²) in [5, 5.41) is 8.90. The van der Waals surface area contributed by atoms with E-state index in [1.807, 2.05) is 6.92 Å². The van der Waals surface area contributed by atoms with E-state index in [1.54, 1.807) is 0 Å². The molecule has 0 unspecified atom stereocenters. The van der Waals surface area contributed by atoms with Gasteiger partial charge < -0.3 is 15.7 Å². The molecule has 0 aliphatic carbocycles. The van der Waals surface area contributed by atoms with Gasteiger partial charge in [-0.05, 0) is 6.42 Å². The predicted molar refractivity (Wildman–Crippen MR) is 58.5 cm³/mol. The van der Waals surface area contributed by atoms with Gasteiger partial charge in [-0.1, -0.05) is 13.3 Å². The zero-order valence-corrected chi connectivity index (χ0v) is 9.50.